The first-order valence-electron chi connectivity index (χ1n) is 9.36. The molecule has 1 aliphatic rings. The smallest absolute Gasteiger partial charge is 0.252 e. The molecule has 138 valence electrons. The lowest BCUT2D eigenvalue weighted by atomic mass is 9.83. The lowest BCUT2D eigenvalue weighted by Crippen LogP contribution is -2.45. The highest BCUT2D eigenvalue weighted by atomic mass is 16.2. The third-order valence-corrected chi connectivity index (χ3v) is 4.90. The molecule has 0 spiro atoms. The number of nitrogens with one attached hydrogen (secondary N) is 3. The molecule has 0 radical (unpaired) electrons. The fraction of sp³-hybridized carbons (Fsp3) is 0.600. The molecule has 0 bridgehead atoms. The average Bonchev–Trinajstić information content (AvgIpc) is 2.61. The number of hydrogen-bond acceptors (Lipinski definition) is 3. The maximum absolute atomic E-state index is 11.8. The van der Waals surface area contributed by atoms with Crippen LogP contribution in [0.15, 0.2) is 24.3 Å². The first-order chi connectivity index (χ1) is 12.0. The number of carbonyl (C=O) groups is 2. The molecule has 1 aliphatic carbocycles. The molecule has 2 rings (SSSR count). The van der Waals surface area contributed by atoms with Crippen molar-refractivity contribution in [3.8, 4) is 0 Å². The first-order valence-corrected chi connectivity index (χ1v) is 9.36. The third kappa shape index (κ3) is 6.16. The molecule has 5 heteroatoms. The molecular formula is C20H31N3O2. The van der Waals surface area contributed by atoms with Crippen molar-refractivity contribution in [2.75, 3.05) is 6.54 Å². The van der Waals surface area contributed by atoms with Crippen molar-refractivity contribution in [2.24, 2.45) is 5.92 Å². The van der Waals surface area contributed by atoms with E-state index in [4.69, 9.17) is 0 Å². The summed E-state index contributed by atoms with van der Waals surface area (Å²) in [5.74, 6) is 0.525. The summed E-state index contributed by atoms with van der Waals surface area (Å²) < 4.78 is 0. The van der Waals surface area contributed by atoms with E-state index in [-0.39, 0.29) is 24.4 Å². The van der Waals surface area contributed by atoms with Gasteiger partial charge < -0.3 is 5.32 Å². The number of hydrogen-bond donors (Lipinski definition) is 3. The number of carbonyl (C=O) groups excluding carboxylic acids is 2. The maximum Gasteiger partial charge on any atom is 0.252 e. The Bertz CT molecular complexity index is 563. The lowest BCUT2D eigenvalue weighted by Gasteiger charge is -2.25. The zero-order chi connectivity index (χ0) is 18.2. The molecule has 5 nitrogen and oxygen atoms in total. The molecule has 2 amide bonds. The van der Waals surface area contributed by atoms with Crippen LogP contribution in [0, 0.1) is 5.92 Å². The van der Waals surface area contributed by atoms with Crippen molar-refractivity contribution >= 4 is 11.8 Å². The lowest BCUT2D eigenvalue weighted by molar-refractivity contribution is -0.127. The standard InChI is InChI=1S/C20H31N3O2/c1-14(2)20(21-13-19(25)23-22-15(3)24)18-11-9-17(10-12-18)16-7-5-4-6-8-16/h9-12,14,16,20-21H,4-8,13H2,1-3H3,(H,22,24)(H,23,25)/t20-/m0/s1. The minimum absolute atomic E-state index is 0.100. The van der Waals surface area contributed by atoms with Gasteiger partial charge in [-0.05, 0) is 35.8 Å². The van der Waals surface area contributed by atoms with Gasteiger partial charge in [0.05, 0.1) is 6.54 Å². The highest BCUT2D eigenvalue weighted by molar-refractivity contribution is 5.81. The zero-order valence-electron chi connectivity index (χ0n) is 15.6. The summed E-state index contributed by atoms with van der Waals surface area (Å²) in [5.41, 5.74) is 7.32. The Kier molecular flexibility index (Phi) is 7.44. The van der Waals surface area contributed by atoms with Gasteiger partial charge in [0.25, 0.3) is 5.91 Å². The Morgan fingerprint density at radius 3 is 2.24 bits per heavy atom. The highest BCUT2D eigenvalue weighted by Crippen LogP contribution is 2.33. The van der Waals surface area contributed by atoms with Gasteiger partial charge in [-0.2, -0.15) is 0 Å². The Hall–Kier alpha value is -1.88. The van der Waals surface area contributed by atoms with E-state index in [0.29, 0.717) is 11.8 Å². The summed E-state index contributed by atoms with van der Waals surface area (Å²) in [5, 5.41) is 3.29. The van der Waals surface area contributed by atoms with Gasteiger partial charge in [-0.15, -0.1) is 0 Å². The van der Waals surface area contributed by atoms with Crippen LogP contribution >= 0.6 is 0 Å². The average molecular weight is 345 g/mol. The van der Waals surface area contributed by atoms with Gasteiger partial charge in [0, 0.05) is 13.0 Å². The quantitative estimate of drug-likeness (QED) is 0.694. The van der Waals surface area contributed by atoms with E-state index in [1.54, 1.807) is 0 Å². The summed E-state index contributed by atoms with van der Waals surface area (Å²) in [6, 6.07) is 8.98. The van der Waals surface area contributed by atoms with Gasteiger partial charge in [-0.1, -0.05) is 57.4 Å². The molecule has 1 aromatic carbocycles. The molecule has 1 saturated carbocycles. The predicted molar refractivity (Wildman–Crippen MR) is 99.8 cm³/mol. The molecule has 1 aromatic rings. The maximum atomic E-state index is 11.8. The van der Waals surface area contributed by atoms with E-state index >= 15 is 0 Å². The van der Waals surface area contributed by atoms with Gasteiger partial charge in [0.1, 0.15) is 0 Å². The van der Waals surface area contributed by atoms with Crippen LogP contribution in [0.2, 0.25) is 0 Å². The summed E-state index contributed by atoms with van der Waals surface area (Å²) in [4.78, 5) is 22.6. The Labute approximate surface area is 150 Å². The van der Waals surface area contributed by atoms with E-state index in [0.717, 1.165) is 0 Å². The van der Waals surface area contributed by atoms with Crippen LogP contribution in [-0.4, -0.2) is 18.4 Å². The van der Waals surface area contributed by atoms with Crippen molar-refractivity contribution in [1.82, 2.24) is 16.2 Å². The van der Waals surface area contributed by atoms with Crippen molar-refractivity contribution in [2.45, 2.75) is 64.8 Å². The predicted octanol–water partition coefficient (Wildman–Crippen LogP) is 3.19. The van der Waals surface area contributed by atoms with Gasteiger partial charge in [0.15, 0.2) is 0 Å². The second-order valence-electron chi connectivity index (χ2n) is 7.33. The second-order valence-corrected chi connectivity index (χ2v) is 7.33. The Morgan fingerprint density at radius 1 is 1.04 bits per heavy atom. The van der Waals surface area contributed by atoms with Crippen LogP contribution in [-0.2, 0) is 9.59 Å². The molecule has 3 N–H and O–H groups in total. The highest BCUT2D eigenvalue weighted by Gasteiger charge is 2.19. The van der Waals surface area contributed by atoms with Gasteiger partial charge in [0.2, 0.25) is 5.91 Å². The van der Waals surface area contributed by atoms with Gasteiger partial charge in [-0.3, -0.25) is 20.4 Å². The largest absolute Gasteiger partial charge is 0.301 e. The number of benzene rings is 1. The molecule has 0 heterocycles. The van der Waals surface area contributed by atoms with E-state index in [9.17, 15) is 9.59 Å². The monoisotopic (exact) mass is 345 g/mol. The molecule has 0 saturated heterocycles. The van der Waals surface area contributed by atoms with Crippen LogP contribution in [0.5, 0.6) is 0 Å². The molecular weight excluding hydrogens is 314 g/mol. The zero-order valence-corrected chi connectivity index (χ0v) is 15.6. The van der Waals surface area contributed by atoms with Gasteiger partial charge >= 0.3 is 0 Å². The van der Waals surface area contributed by atoms with Crippen molar-refractivity contribution in [3.05, 3.63) is 35.4 Å². The normalized spacial score (nSPS) is 16.5. The first kappa shape index (κ1) is 19.4. The van der Waals surface area contributed by atoms with Crippen LogP contribution < -0.4 is 16.2 Å². The van der Waals surface area contributed by atoms with Crippen LogP contribution in [0.4, 0.5) is 0 Å². The topological polar surface area (TPSA) is 70.2 Å². The molecule has 1 atom stereocenters. The Morgan fingerprint density at radius 2 is 1.68 bits per heavy atom. The number of hydrazine groups is 1. The molecule has 25 heavy (non-hydrogen) atoms. The molecule has 0 aliphatic heterocycles. The second kappa shape index (κ2) is 9.56. The van der Waals surface area contributed by atoms with E-state index in [2.05, 4.69) is 54.3 Å². The Balaban J connectivity index is 1.94. The fourth-order valence-corrected chi connectivity index (χ4v) is 3.55. The van der Waals surface area contributed by atoms with E-state index < -0.39 is 0 Å². The van der Waals surface area contributed by atoms with Crippen molar-refractivity contribution in [3.63, 3.8) is 0 Å². The summed E-state index contributed by atoms with van der Waals surface area (Å²) >= 11 is 0. The summed E-state index contributed by atoms with van der Waals surface area (Å²) in [6.07, 6.45) is 6.65. The third-order valence-electron chi connectivity index (χ3n) is 4.90. The van der Waals surface area contributed by atoms with Crippen LogP contribution in [0.25, 0.3) is 0 Å². The van der Waals surface area contributed by atoms with E-state index in [1.807, 2.05) is 0 Å². The molecule has 0 aromatic heterocycles. The van der Waals surface area contributed by atoms with Crippen LogP contribution in [0.3, 0.4) is 0 Å². The minimum Gasteiger partial charge on any atom is -0.301 e. The molecule has 0 unspecified atom stereocenters. The fourth-order valence-electron chi connectivity index (χ4n) is 3.55. The van der Waals surface area contributed by atoms with Crippen LogP contribution in [0.1, 0.15) is 76.0 Å². The number of amides is 2. The van der Waals surface area contributed by atoms with Crippen molar-refractivity contribution in [1.29, 1.82) is 0 Å². The van der Waals surface area contributed by atoms with Gasteiger partial charge in [-0.25, -0.2) is 0 Å². The minimum atomic E-state index is -0.285. The van der Waals surface area contributed by atoms with Crippen molar-refractivity contribution < 1.29 is 9.59 Å². The number of rotatable bonds is 6. The van der Waals surface area contributed by atoms with E-state index in [1.165, 1.54) is 50.2 Å². The molecule has 1 fully saturated rings. The SMILES string of the molecule is CC(=O)NNC(=O)CN[C@H](c1ccc(C2CCCCC2)cc1)C(C)C. The summed E-state index contributed by atoms with van der Waals surface area (Å²) in [7, 11) is 0. The summed E-state index contributed by atoms with van der Waals surface area (Å²) in [6.45, 7) is 5.79.